The molecule has 1 aliphatic rings. The Balaban J connectivity index is 1.79. The third-order valence-corrected chi connectivity index (χ3v) is 5.06. The van der Waals surface area contributed by atoms with Crippen LogP contribution in [0.2, 0.25) is 0 Å². The smallest absolute Gasteiger partial charge is 0.308 e. The summed E-state index contributed by atoms with van der Waals surface area (Å²) in [6, 6.07) is 16.0. The van der Waals surface area contributed by atoms with Gasteiger partial charge in [-0.3, -0.25) is 14.4 Å². The van der Waals surface area contributed by atoms with E-state index in [1.54, 1.807) is 29.2 Å². The quantitative estimate of drug-likeness (QED) is 0.807. The van der Waals surface area contributed by atoms with Crippen LogP contribution in [0.5, 0.6) is 0 Å². The van der Waals surface area contributed by atoms with Gasteiger partial charge < -0.3 is 15.3 Å². The van der Waals surface area contributed by atoms with E-state index >= 15 is 0 Å². The van der Waals surface area contributed by atoms with Gasteiger partial charge in [-0.1, -0.05) is 43.3 Å². The minimum atomic E-state index is -0.906. The predicted molar refractivity (Wildman–Crippen MR) is 105 cm³/mol. The summed E-state index contributed by atoms with van der Waals surface area (Å²) < 4.78 is 0. The second-order valence-corrected chi connectivity index (χ2v) is 7.01. The van der Waals surface area contributed by atoms with Gasteiger partial charge in [0.15, 0.2) is 0 Å². The van der Waals surface area contributed by atoms with Crippen LogP contribution in [0.3, 0.4) is 0 Å². The van der Waals surface area contributed by atoms with E-state index in [1.807, 2.05) is 37.3 Å². The Morgan fingerprint density at radius 2 is 1.75 bits per heavy atom. The second-order valence-electron chi connectivity index (χ2n) is 7.01. The van der Waals surface area contributed by atoms with E-state index in [1.165, 1.54) is 0 Å². The number of hydrogen-bond acceptors (Lipinski definition) is 3. The molecule has 1 saturated heterocycles. The zero-order valence-corrected chi connectivity index (χ0v) is 15.8. The number of carboxylic acid groups (broad SMARTS) is 1. The molecule has 6 heteroatoms. The standard InChI is InChI=1S/C22H24N2O4/c1-2-11-23-20(25)16-9-6-10-17(12-16)21(26)24-13-18(19(14-24)22(27)28)15-7-4-3-5-8-15/h3-10,12,18-19H,2,11,13-14H2,1H3,(H,23,25)(H,27,28). The maximum Gasteiger partial charge on any atom is 0.308 e. The van der Waals surface area contributed by atoms with Gasteiger partial charge in [-0.2, -0.15) is 0 Å². The Kier molecular flexibility index (Phi) is 6.09. The van der Waals surface area contributed by atoms with Crippen LogP contribution in [0.1, 0.15) is 45.5 Å². The Morgan fingerprint density at radius 1 is 1.04 bits per heavy atom. The first-order valence-electron chi connectivity index (χ1n) is 9.46. The number of carboxylic acids is 1. The number of amides is 2. The molecule has 6 nitrogen and oxygen atoms in total. The van der Waals surface area contributed by atoms with Crippen molar-refractivity contribution >= 4 is 17.8 Å². The molecule has 2 unspecified atom stereocenters. The summed E-state index contributed by atoms with van der Waals surface area (Å²) >= 11 is 0. The molecule has 28 heavy (non-hydrogen) atoms. The van der Waals surface area contributed by atoms with E-state index in [-0.39, 0.29) is 24.3 Å². The monoisotopic (exact) mass is 380 g/mol. The van der Waals surface area contributed by atoms with Gasteiger partial charge in [0.25, 0.3) is 11.8 Å². The van der Waals surface area contributed by atoms with Gasteiger partial charge in [0.05, 0.1) is 5.92 Å². The van der Waals surface area contributed by atoms with E-state index in [4.69, 9.17) is 0 Å². The van der Waals surface area contributed by atoms with E-state index in [0.29, 0.717) is 24.2 Å². The second kappa shape index (κ2) is 8.69. The fraction of sp³-hybridized carbons (Fsp3) is 0.318. The summed E-state index contributed by atoms with van der Waals surface area (Å²) in [5, 5.41) is 12.4. The SMILES string of the molecule is CCCNC(=O)c1cccc(C(=O)N2CC(C(=O)O)C(c3ccccc3)C2)c1. The molecule has 2 atom stereocenters. The molecule has 2 amide bonds. The summed E-state index contributed by atoms with van der Waals surface area (Å²) in [5.41, 5.74) is 1.73. The van der Waals surface area contributed by atoms with Crippen LogP contribution in [0.25, 0.3) is 0 Å². The van der Waals surface area contributed by atoms with Gasteiger partial charge in [0, 0.05) is 36.7 Å². The molecule has 146 valence electrons. The summed E-state index contributed by atoms with van der Waals surface area (Å²) in [5.74, 6) is -2.28. The van der Waals surface area contributed by atoms with Crippen molar-refractivity contribution in [3.8, 4) is 0 Å². The number of nitrogens with one attached hydrogen (secondary N) is 1. The number of aliphatic carboxylic acids is 1. The van der Waals surface area contributed by atoms with Crippen LogP contribution >= 0.6 is 0 Å². The number of carbonyl (C=O) groups excluding carboxylic acids is 2. The fourth-order valence-corrected chi connectivity index (χ4v) is 3.57. The van der Waals surface area contributed by atoms with Crippen molar-refractivity contribution in [2.45, 2.75) is 19.3 Å². The van der Waals surface area contributed by atoms with Crippen LogP contribution in [0.4, 0.5) is 0 Å². The zero-order chi connectivity index (χ0) is 20.1. The highest BCUT2D eigenvalue weighted by atomic mass is 16.4. The van der Waals surface area contributed by atoms with Crippen LogP contribution < -0.4 is 5.32 Å². The Morgan fingerprint density at radius 3 is 2.43 bits per heavy atom. The van der Waals surface area contributed by atoms with E-state index in [2.05, 4.69) is 5.32 Å². The number of rotatable bonds is 6. The Hall–Kier alpha value is -3.15. The van der Waals surface area contributed by atoms with Gasteiger partial charge in [-0.05, 0) is 30.2 Å². The third kappa shape index (κ3) is 4.22. The first-order chi connectivity index (χ1) is 13.5. The largest absolute Gasteiger partial charge is 0.481 e. The molecule has 0 radical (unpaired) electrons. The zero-order valence-electron chi connectivity index (χ0n) is 15.8. The predicted octanol–water partition coefficient (Wildman–Crippen LogP) is 2.77. The van der Waals surface area contributed by atoms with Crippen molar-refractivity contribution in [3.63, 3.8) is 0 Å². The fourth-order valence-electron chi connectivity index (χ4n) is 3.57. The molecular formula is C22H24N2O4. The Bertz CT molecular complexity index is 866. The average molecular weight is 380 g/mol. The van der Waals surface area contributed by atoms with E-state index in [0.717, 1.165) is 12.0 Å². The molecule has 2 aromatic rings. The first-order valence-corrected chi connectivity index (χ1v) is 9.46. The van der Waals surface area contributed by atoms with Crippen molar-refractivity contribution in [1.82, 2.24) is 10.2 Å². The number of likely N-dealkylation sites (tertiary alicyclic amines) is 1. The number of carbonyl (C=O) groups is 3. The number of nitrogens with zero attached hydrogens (tertiary/aromatic N) is 1. The molecule has 0 aromatic heterocycles. The highest BCUT2D eigenvalue weighted by Crippen LogP contribution is 2.33. The summed E-state index contributed by atoms with van der Waals surface area (Å²) in [4.78, 5) is 38.5. The van der Waals surface area contributed by atoms with Gasteiger partial charge >= 0.3 is 5.97 Å². The van der Waals surface area contributed by atoms with Crippen LogP contribution in [0.15, 0.2) is 54.6 Å². The lowest BCUT2D eigenvalue weighted by Crippen LogP contribution is -2.30. The molecule has 0 spiro atoms. The lowest BCUT2D eigenvalue weighted by molar-refractivity contribution is -0.141. The third-order valence-electron chi connectivity index (χ3n) is 5.06. The lowest BCUT2D eigenvalue weighted by atomic mass is 9.89. The summed E-state index contributed by atoms with van der Waals surface area (Å²) in [7, 11) is 0. The maximum atomic E-state index is 13.0. The van der Waals surface area contributed by atoms with Crippen molar-refractivity contribution in [3.05, 3.63) is 71.3 Å². The molecular weight excluding hydrogens is 356 g/mol. The van der Waals surface area contributed by atoms with Crippen LogP contribution in [0, 0.1) is 5.92 Å². The molecule has 0 saturated carbocycles. The molecule has 2 aromatic carbocycles. The van der Waals surface area contributed by atoms with Gasteiger partial charge in [-0.25, -0.2) is 0 Å². The minimum Gasteiger partial charge on any atom is -0.481 e. The summed E-state index contributed by atoms with van der Waals surface area (Å²) in [6.07, 6.45) is 0.829. The van der Waals surface area contributed by atoms with Crippen LogP contribution in [-0.2, 0) is 4.79 Å². The minimum absolute atomic E-state index is 0.153. The molecule has 1 heterocycles. The lowest BCUT2D eigenvalue weighted by Gasteiger charge is -2.17. The van der Waals surface area contributed by atoms with Crippen LogP contribution in [-0.4, -0.2) is 47.4 Å². The van der Waals surface area contributed by atoms with Gasteiger partial charge in [0.2, 0.25) is 0 Å². The number of benzene rings is 2. The first kappa shape index (κ1) is 19.6. The van der Waals surface area contributed by atoms with Gasteiger partial charge in [-0.15, -0.1) is 0 Å². The normalized spacial score (nSPS) is 18.7. The number of hydrogen-bond donors (Lipinski definition) is 2. The van der Waals surface area contributed by atoms with Crippen molar-refractivity contribution in [1.29, 1.82) is 0 Å². The highest BCUT2D eigenvalue weighted by Gasteiger charge is 2.40. The maximum absolute atomic E-state index is 13.0. The molecule has 0 aliphatic carbocycles. The van der Waals surface area contributed by atoms with Crippen molar-refractivity contribution in [2.75, 3.05) is 19.6 Å². The highest BCUT2D eigenvalue weighted by molar-refractivity contribution is 6.00. The van der Waals surface area contributed by atoms with Gasteiger partial charge in [0.1, 0.15) is 0 Å². The Labute approximate surface area is 164 Å². The summed E-state index contributed by atoms with van der Waals surface area (Å²) in [6.45, 7) is 3.03. The van der Waals surface area contributed by atoms with E-state index < -0.39 is 11.9 Å². The molecule has 2 N–H and O–H groups in total. The molecule has 1 fully saturated rings. The molecule has 1 aliphatic heterocycles. The van der Waals surface area contributed by atoms with E-state index in [9.17, 15) is 19.5 Å². The van der Waals surface area contributed by atoms with Crippen molar-refractivity contribution < 1.29 is 19.5 Å². The molecule has 3 rings (SSSR count). The molecule has 0 bridgehead atoms. The van der Waals surface area contributed by atoms with Crippen molar-refractivity contribution in [2.24, 2.45) is 5.92 Å². The topological polar surface area (TPSA) is 86.7 Å². The average Bonchev–Trinajstić information content (AvgIpc) is 3.18.